The van der Waals surface area contributed by atoms with Gasteiger partial charge in [0.15, 0.2) is 0 Å². The minimum atomic E-state index is -0.230. The van der Waals surface area contributed by atoms with Gasteiger partial charge in [0.2, 0.25) is 0 Å². The van der Waals surface area contributed by atoms with Crippen molar-refractivity contribution in [1.82, 2.24) is 4.90 Å². The van der Waals surface area contributed by atoms with E-state index < -0.39 is 0 Å². The van der Waals surface area contributed by atoms with Crippen LogP contribution in [0.15, 0.2) is 42.5 Å². The van der Waals surface area contributed by atoms with E-state index in [1.807, 2.05) is 13.0 Å². The molecular formula is C25H30N2O2. The van der Waals surface area contributed by atoms with Gasteiger partial charge >= 0.3 is 5.97 Å². The van der Waals surface area contributed by atoms with Crippen molar-refractivity contribution in [2.75, 3.05) is 18.5 Å². The predicted octanol–water partition coefficient (Wildman–Crippen LogP) is 4.38. The molecule has 4 heteroatoms. The number of piperidine rings is 1. The number of fused-ring (bicyclic) bond motifs is 5. The van der Waals surface area contributed by atoms with E-state index in [0.29, 0.717) is 30.2 Å². The third-order valence-corrected chi connectivity index (χ3v) is 7.44. The molecule has 3 aliphatic rings. The average Bonchev–Trinajstić information content (AvgIpc) is 2.72. The molecule has 3 heterocycles. The van der Waals surface area contributed by atoms with E-state index in [0.717, 1.165) is 19.5 Å². The van der Waals surface area contributed by atoms with E-state index in [4.69, 9.17) is 4.74 Å². The Balaban J connectivity index is 1.50. The van der Waals surface area contributed by atoms with Gasteiger partial charge in [0.25, 0.3) is 0 Å². The fourth-order valence-corrected chi connectivity index (χ4v) is 5.88. The first kappa shape index (κ1) is 18.7. The Morgan fingerprint density at radius 1 is 1.21 bits per heavy atom. The quantitative estimate of drug-likeness (QED) is 0.773. The van der Waals surface area contributed by atoms with Crippen molar-refractivity contribution >= 4 is 11.7 Å². The number of anilines is 1. The summed E-state index contributed by atoms with van der Waals surface area (Å²) in [5.74, 6) is 0.311. The van der Waals surface area contributed by atoms with Gasteiger partial charge in [-0.1, -0.05) is 38.1 Å². The molecular weight excluding hydrogens is 360 g/mol. The van der Waals surface area contributed by atoms with Crippen molar-refractivity contribution in [3.8, 4) is 0 Å². The molecule has 1 N–H and O–H groups in total. The molecule has 3 atom stereocenters. The third kappa shape index (κ3) is 2.96. The van der Waals surface area contributed by atoms with Crippen LogP contribution in [0.3, 0.4) is 0 Å². The normalized spacial score (nSPS) is 26.9. The lowest BCUT2D eigenvalue weighted by Crippen LogP contribution is -2.62. The molecule has 0 amide bonds. The van der Waals surface area contributed by atoms with Crippen molar-refractivity contribution in [3.63, 3.8) is 0 Å². The maximum absolute atomic E-state index is 12.3. The van der Waals surface area contributed by atoms with Gasteiger partial charge in [0.05, 0.1) is 12.2 Å². The van der Waals surface area contributed by atoms with Gasteiger partial charge in [-0.3, -0.25) is 4.90 Å². The van der Waals surface area contributed by atoms with Crippen LogP contribution in [0.1, 0.15) is 54.2 Å². The molecule has 2 aromatic rings. The molecule has 0 aliphatic carbocycles. The molecule has 0 unspecified atom stereocenters. The highest BCUT2D eigenvalue weighted by atomic mass is 16.5. The van der Waals surface area contributed by atoms with Gasteiger partial charge in [-0.05, 0) is 72.5 Å². The number of benzene rings is 2. The van der Waals surface area contributed by atoms with Gasteiger partial charge in [-0.2, -0.15) is 0 Å². The monoisotopic (exact) mass is 390 g/mol. The zero-order valence-electron chi connectivity index (χ0n) is 17.6. The summed E-state index contributed by atoms with van der Waals surface area (Å²) in [4.78, 5) is 15.0. The number of ether oxygens (including phenoxy) is 1. The van der Waals surface area contributed by atoms with E-state index in [9.17, 15) is 4.79 Å². The highest BCUT2D eigenvalue weighted by molar-refractivity contribution is 5.90. The summed E-state index contributed by atoms with van der Waals surface area (Å²) in [7, 11) is 0. The fourth-order valence-electron chi connectivity index (χ4n) is 5.88. The largest absolute Gasteiger partial charge is 0.462 e. The minimum absolute atomic E-state index is 0.0107. The van der Waals surface area contributed by atoms with E-state index >= 15 is 0 Å². The van der Waals surface area contributed by atoms with Gasteiger partial charge in [-0.25, -0.2) is 4.79 Å². The van der Waals surface area contributed by atoms with Crippen molar-refractivity contribution in [3.05, 3.63) is 64.7 Å². The molecule has 4 nitrogen and oxygen atoms in total. The molecule has 0 saturated carbocycles. The second kappa shape index (κ2) is 6.88. The first-order valence-corrected chi connectivity index (χ1v) is 10.9. The van der Waals surface area contributed by atoms with Crippen molar-refractivity contribution in [2.45, 2.75) is 57.7 Å². The second-order valence-electron chi connectivity index (χ2n) is 9.28. The summed E-state index contributed by atoms with van der Waals surface area (Å²) < 4.78 is 5.23. The third-order valence-electron chi connectivity index (χ3n) is 7.44. The summed E-state index contributed by atoms with van der Waals surface area (Å²) in [6, 6.07) is 15.9. The number of nitrogens with zero attached hydrogens (tertiary/aromatic N) is 1. The Morgan fingerprint density at radius 3 is 2.79 bits per heavy atom. The molecule has 29 heavy (non-hydrogen) atoms. The van der Waals surface area contributed by atoms with Gasteiger partial charge < -0.3 is 10.1 Å². The Bertz CT molecular complexity index is 952. The summed E-state index contributed by atoms with van der Waals surface area (Å²) in [6.45, 7) is 9.15. The molecule has 0 bridgehead atoms. The van der Waals surface area contributed by atoms with Crippen LogP contribution >= 0.6 is 0 Å². The van der Waals surface area contributed by atoms with Crippen LogP contribution < -0.4 is 5.32 Å². The first-order valence-electron chi connectivity index (χ1n) is 10.9. The SMILES string of the molecule is CCOC(=O)c1ccc2c(c1)C(C)(C)[C@H]1CCN3Cc4ccccc4C[C@H]3[C@H]1N2. The number of carbonyl (C=O) groups is 1. The second-order valence-corrected chi connectivity index (χ2v) is 9.28. The van der Waals surface area contributed by atoms with Gasteiger partial charge in [0, 0.05) is 24.3 Å². The topological polar surface area (TPSA) is 41.6 Å². The summed E-state index contributed by atoms with van der Waals surface area (Å²) >= 11 is 0. The number of esters is 1. The molecule has 0 spiro atoms. The fraction of sp³-hybridized carbons (Fsp3) is 0.480. The smallest absolute Gasteiger partial charge is 0.338 e. The summed E-state index contributed by atoms with van der Waals surface area (Å²) in [5, 5.41) is 3.89. The Labute approximate surface area is 173 Å². The van der Waals surface area contributed by atoms with Crippen molar-refractivity contribution in [1.29, 1.82) is 0 Å². The van der Waals surface area contributed by atoms with E-state index in [-0.39, 0.29) is 11.4 Å². The number of hydrogen-bond donors (Lipinski definition) is 1. The number of nitrogens with one attached hydrogen (secondary N) is 1. The minimum Gasteiger partial charge on any atom is -0.462 e. The first-order chi connectivity index (χ1) is 14.0. The van der Waals surface area contributed by atoms with Crippen LogP contribution in [-0.2, 0) is 23.1 Å². The molecule has 5 rings (SSSR count). The summed E-state index contributed by atoms with van der Waals surface area (Å²) in [5.41, 5.74) is 6.06. The molecule has 2 aromatic carbocycles. The lowest BCUT2D eigenvalue weighted by Gasteiger charge is -2.56. The Morgan fingerprint density at radius 2 is 2.00 bits per heavy atom. The number of rotatable bonds is 2. The molecule has 1 fully saturated rings. The molecule has 0 radical (unpaired) electrons. The van der Waals surface area contributed by atoms with Crippen LogP contribution in [0.5, 0.6) is 0 Å². The van der Waals surface area contributed by atoms with Crippen LogP contribution in [-0.4, -0.2) is 36.1 Å². The van der Waals surface area contributed by atoms with Gasteiger partial charge in [0.1, 0.15) is 0 Å². The predicted molar refractivity (Wildman–Crippen MR) is 115 cm³/mol. The van der Waals surface area contributed by atoms with Crippen LogP contribution in [0.4, 0.5) is 5.69 Å². The molecule has 0 aromatic heterocycles. The summed E-state index contributed by atoms with van der Waals surface area (Å²) in [6.07, 6.45) is 2.28. The zero-order chi connectivity index (χ0) is 20.2. The Hall–Kier alpha value is -2.33. The lowest BCUT2D eigenvalue weighted by molar-refractivity contribution is 0.0488. The molecule has 3 aliphatic heterocycles. The average molecular weight is 391 g/mol. The van der Waals surface area contributed by atoms with Crippen molar-refractivity contribution < 1.29 is 9.53 Å². The van der Waals surface area contributed by atoms with E-state index in [2.05, 4.69) is 60.5 Å². The van der Waals surface area contributed by atoms with E-state index in [1.165, 1.54) is 28.8 Å². The lowest BCUT2D eigenvalue weighted by atomic mass is 9.62. The molecule has 1 saturated heterocycles. The van der Waals surface area contributed by atoms with Crippen LogP contribution in [0.2, 0.25) is 0 Å². The highest BCUT2D eigenvalue weighted by Gasteiger charge is 2.50. The standard InChI is InChI=1S/C25H30N2O2/c1-4-29-24(28)17-9-10-21-20(13-17)25(2,3)19-11-12-27-15-18-8-6-5-7-16(18)14-22(27)23(19)26-21/h5-10,13,19,22-23,26H,4,11-12,14-15H2,1-3H3/t19-,22-,23-/m0/s1. The molecule has 152 valence electrons. The van der Waals surface area contributed by atoms with Crippen molar-refractivity contribution in [2.24, 2.45) is 5.92 Å². The van der Waals surface area contributed by atoms with Crippen LogP contribution in [0.25, 0.3) is 0 Å². The maximum Gasteiger partial charge on any atom is 0.338 e. The highest BCUT2D eigenvalue weighted by Crippen LogP contribution is 2.49. The van der Waals surface area contributed by atoms with Gasteiger partial charge in [-0.15, -0.1) is 0 Å². The van der Waals surface area contributed by atoms with E-state index in [1.54, 1.807) is 0 Å². The van der Waals surface area contributed by atoms with Crippen LogP contribution in [0, 0.1) is 5.92 Å². The zero-order valence-corrected chi connectivity index (χ0v) is 17.6. The number of carbonyl (C=O) groups excluding carboxylic acids is 1. The maximum atomic E-state index is 12.3. The number of hydrogen-bond acceptors (Lipinski definition) is 4. The Kier molecular flexibility index (Phi) is 4.43.